The second kappa shape index (κ2) is 10.1. The van der Waals surface area contributed by atoms with Crippen molar-refractivity contribution in [2.45, 2.75) is 10.6 Å². The molecule has 0 aliphatic heterocycles. The number of hydrazone groups is 1. The van der Waals surface area contributed by atoms with Gasteiger partial charge in [0.2, 0.25) is 0 Å². The van der Waals surface area contributed by atoms with Gasteiger partial charge >= 0.3 is 0 Å². The average Bonchev–Trinajstić information content (AvgIpc) is 2.75. The second-order valence-electron chi connectivity index (χ2n) is 6.05. The van der Waals surface area contributed by atoms with Gasteiger partial charge in [0.15, 0.2) is 11.5 Å². The predicted molar refractivity (Wildman–Crippen MR) is 120 cm³/mol. The Morgan fingerprint density at radius 1 is 1.17 bits per heavy atom. The largest absolute Gasteiger partial charge is 0.503 e. The van der Waals surface area contributed by atoms with Gasteiger partial charge in [0.25, 0.3) is 5.91 Å². The van der Waals surface area contributed by atoms with E-state index in [0.29, 0.717) is 21.3 Å². The molecule has 0 aromatic heterocycles. The van der Waals surface area contributed by atoms with E-state index in [1.54, 1.807) is 36.0 Å². The van der Waals surface area contributed by atoms with Crippen molar-refractivity contribution in [2.24, 2.45) is 5.10 Å². The van der Waals surface area contributed by atoms with Crippen LogP contribution in [0.5, 0.6) is 11.5 Å². The van der Waals surface area contributed by atoms with Crippen molar-refractivity contribution in [1.82, 2.24) is 5.43 Å². The minimum absolute atomic E-state index is 0.0132. The van der Waals surface area contributed by atoms with Crippen molar-refractivity contribution >= 4 is 39.8 Å². The molecule has 0 saturated heterocycles. The molecule has 0 atom stereocenters. The maximum absolute atomic E-state index is 12.3. The molecule has 3 rings (SSSR count). The van der Waals surface area contributed by atoms with E-state index in [9.17, 15) is 9.90 Å². The molecule has 0 fully saturated rings. The number of hydrogen-bond acceptors (Lipinski definition) is 5. The standard InChI is InChI=1S/C22H19BrN2O3S/c1-28-20-12-16(11-19(23)21(20)26)13-24-25-22(27)17-9-7-15(8-10-17)14-29-18-5-3-2-4-6-18/h2-13,26H,14H2,1H3,(H,25,27)/b24-13-. The molecule has 3 aromatic carbocycles. The summed E-state index contributed by atoms with van der Waals surface area (Å²) in [4.78, 5) is 13.5. The van der Waals surface area contributed by atoms with Gasteiger partial charge in [-0.15, -0.1) is 11.8 Å². The first-order valence-electron chi connectivity index (χ1n) is 8.73. The Hall–Kier alpha value is -2.77. The summed E-state index contributed by atoms with van der Waals surface area (Å²) < 4.78 is 5.57. The van der Waals surface area contributed by atoms with Crippen LogP contribution < -0.4 is 10.2 Å². The fourth-order valence-corrected chi connectivity index (χ4v) is 3.82. The maximum atomic E-state index is 12.3. The molecule has 0 unspecified atom stereocenters. The lowest BCUT2D eigenvalue weighted by molar-refractivity contribution is 0.0955. The Kier molecular flexibility index (Phi) is 7.32. The molecule has 29 heavy (non-hydrogen) atoms. The number of ether oxygens (including phenoxy) is 1. The number of thioether (sulfide) groups is 1. The van der Waals surface area contributed by atoms with E-state index in [-0.39, 0.29) is 11.7 Å². The molecular weight excluding hydrogens is 452 g/mol. The zero-order chi connectivity index (χ0) is 20.6. The average molecular weight is 471 g/mol. The highest BCUT2D eigenvalue weighted by Crippen LogP contribution is 2.34. The van der Waals surface area contributed by atoms with Crippen LogP contribution >= 0.6 is 27.7 Å². The first-order valence-corrected chi connectivity index (χ1v) is 10.5. The van der Waals surface area contributed by atoms with Gasteiger partial charge in [-0.25, -0.2) is 5.43 Å². The molecule has 0 aliphatic rings. The molecule has 0 radical (unpaired) electrons. The molecule has 1 amide bonds. The molecule has 2 N–H and O–H groups in total. The van der Waals surface area contributed by atoms with E-state index in [1.807, 2.05) is 30.3 Å². The summed E-state index contributed by atoms with van der Waals surface area (Å²) in [6, 6.07) is 20.9. The number of halogens is 1. The normalized spacial score (nSPS) is 10.8. The number of carbonyl (C=O) groups is 1. The number of nitrogens with one attached hydrogen (secondary N) is 1. The summed E-state index contributed by atoms with van der Waals surface area (Å²) in [7, 11) is 1.46. The topological polar surface area (TPSA) is 70.9 Å². The number of amides is 1. The van der Waals surface area contributed by atoms with E-state index >= 15 is 0 Å². The lowest BCUT2D eigenvalue weighted by Crippen LogP contribution is -2.17. The highest BCUT2D eigenvalue weighted by atomic mass is 79.9. The summed E-state index contributed by atoms with van der Waals surface area (Å²) in [6.45, 7) is 0. The number of hydrogen-bond donors (Lipinski definition) is 2. The van der Waals surface area contributed by atoms with Gasteiger partial charge in [-0.1, -0.05) is 30.3 Å². The first-order chi connectivity index (χ1) is 14.1. The third-order valence-corrected chi connectivity index (χ3v) is 5.70. The zero-order valence-electron chi connectivity index (χ0n) is 15.6. The predicted octanol–water partition coefficient (Wildman–Crippen LogP) is 5.22. The number of phenolic OH excluding ortho intramolecular Hbond substituents is 1. The van der Waals surface area contributed by atoms with Gasteiger partial charge < -0.3 is 9.84 Å². The molecule has 0 saturated carbocycles. The Morgan fingerprint density at radius 2 is 1.90 bits per heavy atom. The van der Waals surface area contributed by atoms with Crippen LogP contribution in [0.3, 0.4) is 0 Å². The van der Waals surface area contributed by atoms with Crippen LogP contribution in [-0.2, 0) is 5.75 Å². The molecule has 0 heterocycles. The maximum Gasteiger partial charge on any atom is 0.271 e. The molecular formula is C22H19BrN2O3S. The minimum Gasteiger partial charge on any atom is -0.503 e. The van der Waals surface area contributed by atoms with Crippen LogP contribution in [0.15, 0.2) is 81.2 Å². The third-order valence-electron chi connectivity index (χ3n) is 4.02. The molecule has 0 spiro atoms. The van der Waals surface area contributed by atoms with Crippen molar-refractivity contribution in [3.63, 3.8) is 0 Å². The number of phenols is 1. The lowest BCUT2D eigenvalue weighted by Gasteiger charge is -2.06. The highest BCUT2D eigenvalue weighted by molar-refractivity contribution is 9.10. The van der Waals surface area contributed by atoms with Crippen LogP contribution in [0, 0.1) is 0 Å². The monoisotopic (exact) mass is 470 g/mol. The Balaban J connectivity index is 1.57. The zero-order valence-corrected chi connectivity index (χ0v) is 18.0. The van der Waals surface area contributed by atoms with Gasteiger partial charge in [0, 0.05) is 16.2 Å². The second-order valence-corrected chi connectivity index (χ2v) is 7.95. The Morgan fingerprint density at radius 3 is 2.59 bits per heavy atom. The number of benzene rings is 3. The summed E-state index contributed by atoms with van der Waals surface area (Å²) in [5.41, 5.74) is 4.84. The van der Waals surface area contributed by atoms with E-state index < -0.39 is 0 Å². The van der Waals surface area contributed by atoms with Crippen molar-refractivity contribution in [1.29, 1.82) is 0 Å². The quantitative estimate of drug-likeness (QED) is 0.282. The van der Waals surface area contributed by atoms with E-state index in [1.165, 1.54) is 18.2 Å². The SMILES string of the molecule is COc1cc(/C=N\NC(=O)c2ccc(CSc3ccccc3)cc2)cc(Br)c1O. The Labute approximate surface area is 181 Å². The van der Waals surface area contributed by atoms with E-state index in [2.05, 4.69) is 38.6 Å². The van der Waals surface area contributed by atoms with Crippen LogP contribution in [0.25, 0.3) is 0 Å². The Bertz CT molecular complexity index is 1010. The summed E-state index contributed by atoms with van der Waals surface area (Å²) in [5, 5.41) is 13.8. The van der Waals surface area contributed by atoms with E-state index in [4.69, 9.17) is 4.74 Å². The molecule has 148 valence electrons. The third kappa shape index (κ3) is 5.85. The molecule has 0 bridgehead atoms. The number of methoxy groups -OCH3 is 1. The molecule has 0 aliphatic carbocycles. The van der Waals surface area contributed by atoms with Gasteiger partial charge in [-0.3, -0.25) is 4.79 Å². The van der Waals surface area contributed by atoms with Crippen LogP contribution in [0.2, 0.25) is 0 Å². The summed E-state index contributed by atoms with van der Waals surface area (Å²) >= 11 is 5.00. The molecule has 7 heteroatoms. The number of nitrogens with zero attached hydrogens (tertiary/aromatic N) is 1. The van der Waals surface area contributed by atoms with Gasteiger partial charge in [0.05, 0.1) is 17.8 Å². The van der Waals surface area contributed by atoms with Crippen molar-refractivity contribution in [3.05, 3.63) is 87.9 Å². The molecule has 3 aromatic rings. The fraction of sp³-hybridized carbons (Fsp3) is 0.0909. The highest BCUT2D eigenvalue weighted by Gasteiger charge is 2.08. The lowest BCUT2D eigenvalue weighted by atomic mass is 10.1. The van der Waals surface area contributed by atoms with Gasteiger partial charge in [-0.2, -0.15) is 5.10 Å². The smallest absolute Gasteiger partial charge is 0.271 e. The number of aromatic hydroxyl groups is 1. The van der Waals surface area contributed by atoms with Crippen LogP contribution in [0.1, 0.15) is 21.5 Å². The fourth-order valence-electron chi connectivity index (χ4n) is 2.49. The minimum atomic E-state index is -0.298. The molecule has 5 nitrogen and oxygen atoms in total. The van der Waals surface area contributed by atoms with Crippen LogP contribution in [-0.4, -0.2) is 24.3 Å². The van der Waals surface area contributed by atoms with Crippen molar-refractivity contribution < 1.29 is 14.6 Å². The summed E-state index contributed by atoms with van der Waals surface area (Å²) in [5.74, 6) is 0.866. The first kappa shape index (κ1) is 21.0. The van der Waals surface area contributed by atoms with Crippen LogP contribution in [0.4, 0.5) is 0 Å². The summed E-state index contributed by atoms with van der Waals surface area (Å²) in [6.07, 6.45) is 1.48. The van der Waals surface area contributed by atoms with Crippen molar-refractivity contribution in [3.8, 4) is 11.5 Å². The van der Waals surface area contributed by atoms with Gasteiger partial charge in [0.1, 0.15) is 0 Å². The van der Waals surface area contributed by atoms with E-state index in [0.717, 1.165) is 11.3 Å². The number of rotatable bonds is 7. The van der Waals surface area contributed by atoms with Crippen molar-refractivity contribution in [2.75, 3.05) is 7.11 Å². The van der Waals surface area contributed by atoms with Gasteiger partial charge in [-0.05, 0) is 63.5 Å². The number of carbonyl (C=O) groups excluding carboxylic acids is 1.